The van der Waals surface area contributed by atoms with Gasteiger partial charge in [-0.05, 0) is 13.8 Å². The van der Waals surface area contributed by atoms with Crippen molar-refractivity contribution in [2.24, 2.45) is 0 Å². The molecule has 19 heavy (non-hydrogen) atoms. The molecule has 0 spiro atoms. The van der Waals surface area contributed by atoms with Crippen LogP contribution in [0.1, 0.15) is 12.7 Å². The number of aryl methyl sites for hydroxylation is 1. The molecule has 1 atom stereocenters. The third-order valence-corrected chi connectivity index (χ3v) is 2.22. The minimum absolute atomic E-state index is 0.00287. The van der Waals surface area contributed by atoms with Crippen molar-refractivity contribution in [3.8, 4) is 5.75 Å². The van der Waals surface area contributed by atoms with E-state index in [4.69, 9.17) is 10.5 Å². The van der Waals surface area contributed by atoms with E-state index in [-0.39, 0.29) is 12.0 Å². The van der Waals surface area contributed by atoms with Crippen molar-refractivity contribution in [2.75, 3.05) is 17.7 Å². The number of nitrogen functional groups attached to an aromatic ring is 1. The molecule has 0 aliphatic rings. The molecule has 2 aromatic rings. The summed E-state index contributed by atoms with van der Waals surface area (Å²) >= 11 is 0. The van der Waals surface area contributed by atoms with Crippen molar-refractivity contribution in [1.82, 2.24) is 24.9 Å². The van der Waals surface area contributed by atoms with Crippen LogP contribution in [0.4, 0.5) is 11.9 Å². The van der Waals surface area contributed by atoms with Crippen LogP contribution in [0, 0.1) is 6.92 Å². The van der Waals surface area contributed by atoms with Gasteiger partial charge in [0, 0.05) is 0 Å². The fraction of sp³-hybridized carbons (Fsp3) is 0.364. The second-order valence-electron chi connectivity index (χ2n) is 3.99. The Labute approximate surface area is 110 Å². The molecule has 8 heteroatoms. The molecule has 0 aliphatic heterocycles. The van der Waals surface area contributed by atoms with Gasteiger partial charge in [-0.2, -0.15) is 4.98 Å². The average molecular weight is 261 g/mol. The van der Waals surface area contributed by atoms with Gasteiger partial charge in [-0.15, -0.1) is 0 Å². The third kappa shape index (κ3) is 4.02. The fourth-order valence-electron chi connectivity index (χ4n) is 1.32. The van der Waals surface area contributed by atoms with Gasteiger partial charge in [0.05, 0.1) is 18.4 Å². The first kappa shape index (κ1) is 12.9. The molecule has 0 saturated heterocycles. The monoisotopic (exact) mass is 261 g/mol. The predicted octanol–water partition coefficient (Wildman–Crippen LogP) is 0.432. The second kappa shape index (κ2) is 5.89. The van der Waals surface area contributed by atoms with Crippen molar-refractivity contribution in [3.05, 3.63) is 24.5 Å². The van der Waals surface area contributed by atoms with Crippen LogP contribution >= 0.6 is 0 Å². The Morgan fingerprint density at radius 1 is 1.26 bits per heavy atom. The van der Waals surface area contributed by atoms with Crippen LogP contribution in [-0.4, -0.2) is 37.6 Å². The maximum atomic E-state index is 5.54. The molecule has 0 amide bonds. The van der Waals surface area contributed by atoms with E-state index in [1.54, 1.807) is 12.4 Å². The van der Waals surface area contributed by atoms with Gasteiger partial charge in [-0.25, -0.2) is 19.9 Å². The average Bonchev–Trinajstić information content (AvgIpc) is 2.38. The molecule has 0 fully saturated rings. The normalized spacial score (nSPS) is 11.9. The van der Waals surface area contributed by atoms with Crippen LogP contribution in [0.3, 0.4) is 0 Å². The minimum atomic E-state index is 0.00287. The maximum Gasteiger partial charge on any atom is 0.227 e. The molecule has 1 unspecified atom stereocenters. The molecular formula is C11H15N7O. The number of anilines is 2. The quantitative estimate of drug-likeness (QED) is 0.797. The standard InChI is InChI=1S/C11H15N7O/c1-7(17-11-16-6-15-10(12)18-11)5-19-9-3-13-8(2)14-4-9/h3-4,6-7H,5H2,1-2H3,(H3,12,15,16,17,18). The number of ether oxygens (including phenoxy) is 1. The summed E-state index contributed by atoms with van der Waals surface area (Å²) in [7, 11) is 0. The first-order valence-corrected chi connectivity index (χ1v) is 5.76. The zero-order valence-corrected chi connectivity index (χ0v) is 10.7. The van der Waals surface area contributed by atoms with Crippen molar-refractivity contribution in [1.29, 1.82) is 0 Å². The molecule has 8 nitrogen and oxygen atoms in total. The van der Waals surface area contributed by atoms with Crippen LogP contribution in [-0.2, 0) is 0 Å². The number of hydrogen-bond donors (Lipinski definition) is 2. The van der Waals surface area contributed by atoms with Crippen molar-refractivity contribution < 1.29 is 4.74 Å². The Hall–Kier alpha value is -2.51. The van der Waals surface area contributed by atoms with E-state index >= 15 is 0 Å². The van der Waals surface area contributed by atoms with Gasteiger partial charge in [-0.1, -0.05) is 0 Å². The zero-order valence-electron chi connectivity index (χ0n) is 10.7. The molecule has 0 saturated carbocycles. The predicted molar refractivity (Wildman–Crippen MR) is 69.6 cm³/mol. The van der Waals surface area contributed by atoms with E-state index in [0.717, 1.165) is 0 Å². The van der Waals surface area contributed by atoms with Gasteiger partial charge in [0.1, 0.15) is 18.8 Å². The maximum absolute atomic E-state index is 5.54. The summed E-state index contributed by atoms with van der Waals surface area (Å²) < 4.78 is 5.54. The lowest BCUT2D eigenvalue weighted by Crippen LogP contribution is -2.25. The van der Waals surface area contributed by atoms with Crippen LogP contribution in [0.15, 0.2) is 18.7 Å². The van der Waals surface area contributed by atoms with Crippen molar-refractivity contribution in [2.45, 2.75) is 19.9 Å². The molecular weight excluding hydrogens is 246 g/mol. The lowest BCUT2D eigenvalue weighted by Gasteiger charge is -2.14. The summed E-state index contributed by atoms with van der Waals surface area (Å²) in [4.78, 5) is 19.7. The third-order valence-electron chi connectivity index (χ3n) is 2.22. The number of rotatable bonds is 5. The molecule has 2 aromatic heterocycles. The van der Waals surface area contributed by atoms with E-state index in [2.05, 4.69) is 30.2 Å². The van der Waals surface area contributed by atoms with Gasteiger partial charge in [-0.3, -0.25) is 0 Å². The van der Waals surface area contributed by atoms with Gasteiger partial charge in [0.15, 0.2) is 5.75 Å². The largest absolute Gasteiger partial charge is 0.488 e. The highest BCUT2D eigenvalue weighted by Crippen LogP contribution is 2.07. The minimum Gasteiger partial charge on any atom is -0.488 e. The topological polar surface area (TPSA) is 112 Å². The summed E-state index contributed by atoms with van der Waals surface area (Å²) in [6, 6.07) is 0.00287. The molecule has 0 aromatic carbocycles. The molecule has 2 rings (SSSR count). The summed E-state index contributed by atoms with van der Waals surface area (Å²) in [5.41, 5.74) is 5.46. The van der Waals surface area contributed by atoms with Crippen LogP contribution in [0.5, 0.6) is 5.75 Å². The van der Waals surface area contributed by atoms with Crippen LogP contribution in [0.2, 0.25) is 0 Å². The summed E-state index contributed by atoms with van der Waals surface area (Å²) in [6.07, 6.45) is 4.62. The fourth-order valence-corrected chi connectivity index (χ4v) is 1.32. The van der Waals surface area contributed by atoms with Crippen LogP contribution in [0.25, 0.3) is 0 Å². The second-order valence-corrected chi connectivity index (χ2v) is 3.99. The van der Waals surface area contributed by atoms with E-state index < -0.39 is 0 Å². The summed E-state index contributed by atoms with van der Waals surface area (Å²) in [6.45, 7) is 4.19. The lowest BCUT2D eigenvalue weighted by molar-refractivity contribution is 0.301. The van der Waals surface area contributed by atoms with Gasteiger partial charge in [0.2, 0.25) is 11.9 Å². The Bertz CT molecular complexity index is 531. The van der Waals surface area contributed by atoms with Crippen molar-refractivity contribution in [3.63, 3.8) is 0 Å². The highest BCUT2D eigenvalue weighted by molar-refractivity contribution is 5.29. The highest BCUT2D eigenvalue weighted by atomic mass is 16.5. The molecule has 3 N–H and O–H groups in total. The van der Waals surface area contributed by atoms with Gasteiger partial charge >= 0.3 is 0 Å². The summed E-state index contributed by atoms with van der Waals surface area (Å²) in [5, 5.41) is 3.06. The molecule has 100 valence electrons. The smallest absolute Gasteiger partial charge is 0.227 e. The van der Waals surface area contributed by atoms with E-state index in [1.807, 2.05) is 13.8 Å². The van der Waals surface area contributed by atoms with E-state index in [1.165, 1.54) is 6.33 Å². The van der Waals surface area contributed by atoms with Crippen LogP contribution < -0.4 is 15.8 Å². The molecule has 0 radical (unpaired) electrons. The molecule has 2 heterocycles. The first-order chi connectivity index (χ1) is 9.13. The van der Waals surface area contributed by atoms with Crippen molar-refractivity contribution >= 4 is 11.9 Å². The van der Waals surface area contributed by atoms with E-state index in [9.17, 15) is 0 Å². The Morgan fingerprint density at radius 3 is 2.68 bits per heavy atom. The van der Waals surface area contributed by atoms with Gasteiger partial charge < -0.3 is 15.8 Å². The SMILES string of the molecule is Cc1ncc(OCC(C)Nc2ncnc(N)n2)cn1. The Kier molecular flexibility index (Phi) is 4.01. The number of hydrogen-bond acceptors (Lipinski definition) is 8. The molecule has 0 bridgehead atoms. The molecule has 0 aliphatic carbocycles. The number of nitrogens with zero attached hydrogens (tertiary/aromatic N) is 5. The number of nitrogens with one attached hydrogen (secondary N) is 1. The highest BCUT2D eigenvalue weighted by Gasteiger charge is 2.06. The zero-order chi connectivity index (χ0) is 13.7. The van der Waals surface area contributed by atoms with E-state index in [0.29, 0.717) is 24.1 Å². The Morgan fingerprint density at radius 2 is 2.00 bits per heavy atom. The lowest BCUT2D eigenvalue weighted by atomic mass is 10.4. The Balaban J connectivity index is 1.84. The van der Waals surface area contributed by atoms with Gasteiger partial charge in [0.25, 0.3) is 0 Å². The number of aromatic nitrogens is 5. The number of nitrogens with two attached hydrogens (primary N) is 1. The summed E-state index contributed by atoms with van der Waals surface area (Å²) in [5.74, 6) is 1.93. The first-order valence-electron chi connectivity index (χ1n) is 5.76.